The van der Waals surface area contributed by atoms with Crippen molar-refractivity contribution >= 4 is 28.5 Å². The van der Waals surface area contributed by atoms with Crippen molar-refractivity contribution in [2.75, 3.05) is 14.2 Å². The van der Waals surface area contributed by atoms with Crippen LogP contribution in [0.4, 0.5) is 0 Å². The fraction of sp³-hybridized carbons (Fsp3) is 0.462. The van der Waals surface area contributed by atoms with Gasteiger partial charge >= 0.3 is 0 Å². The summed E-state index contributed by atoms with van der Waals surface area (Å²) < 4.78 is 12.9. The summed E-state index contributed by atoms with van der Waals surface area (Å²) in [6, 6.07) is 13.5. The number of amides is 1. The fourth-order valence-corrected chi connectivity index (χ4v) is 4.90. The van der Waals surface area contributed by atoms with Gasteiger partial charge in [-0.1, -0.05) is 56.8 Å². The Hall–Kier alpha value is -2.73. The quantitative estimate of drug-likeness (QED) is 0.449. The SMILES string of the molecule is COc1ccc(-c2nc3ccccc3n2C(Cl)(C(=O)NC2CCCCC2)C(C)C)c(OC)c1. The molecule has 1 unspecified atom stereocenters. The first kappa shape index (κ1) is 23.4. The number of hydrogen-bond acceptors (Lipinski definition) is 4. The Bertz CT molecular complexity index is 1140. The first-order valence-corrected chi connectivity index (χ1v) is 12.0. The van der Waals surface area contributed by atoms with Crippen LogP contribution in [0.25, 0.3) is 22.4 Å². The number of methoxy groups -OCH3 is 2. The standard InChI is InChI=1S/C26H32ClN3O3/c1-17(2)26(27,25(31)28-18-10-6-5-7-11-18)30-22-13-9-8-12-21(22)29-24(30)20-15-14-19(32-3)16-23(20)33-4/h8-9,12-18H,5-7,10-11H2,1-4H3,(H,28,31). The zero-order chi connectivity index (χ0) is 23.6. The summed E-state index contributed by atoms with van der Waals surface area (Å²) in [6.45, 7) is 3.94. The van der Waals surface area contributed by atoms with Gasteiger partial charge in [0.25, 0.3) is 5.91 Å². The van der Waals surface area contributed by atoms with Gasteiger partial charge in [-0.25, -0.2) is 4.98 Å². The van der Waals surface area contributed by atoms with E-state index in [1.165, 1.54) is 6.42 Å². The molecule has 1 N–H and O–H groups in total. The average Bonchev–Trinajstić information content (AvgIpc) is 3.23. The number of benzene rings is 2. The number of nitrogens with one attached hydrogen (secondary N) is 1. The molecule has 0 saturated heterocycles. The van der Waals surface area contributed by atoms with Gasteiger partial charge in [-0.05, 0) is 37.1 Å². The van der Waals surface area contributed by atoms with E-state index in [1.54, 1.807) is 14.2 Å². The largest absolute Gasteiger partial charge is 0.497 e. The minimum absolute atomic E-state index is 0.150. The summed E-state index contributed by atoms with van der Waals surface area (Å²) in [5.74, 6) is 1.46. The molecule has 0 spiro atoms. The number of alkyl halides is 1. The van der Waals surface area contributed by atoms with Gasteiger partial charge in [0, 0.05) is 18.0 Å². The second-order valence-electron chi connectivity index (χ2n) is 8.96. The Labute approximate surface area is 200 Å². The van der Waals surface area contributed by atoms with E-state index in [2.05, 4.69) is 5.32 Å². The summed E-state index contributed by atoms with van der Waals surface area (Å²) >= 11 is 7.34. The van der Waals surface area contributed by atoms with Gasteiger partial charge in [0.05, 0.1) is 30.8 Å². The number of hydrogen-bond donors (Lipinski definition) is 1. The van der Waals surface area contributed by atoms with Crippen molar-refractivity contribution in [2.24, 2.45) is 5.92 Å². The van der Waals surface area contributed by atoms with Gasteiger partial charge < -0.3 is 14.8 Å². The maximum atomic E-state index is 13.8. The van der Waals surface area contributed by atoms with Crippen molar-refractivity contribution in [1.29, 1.82) is 0 Å². The van der Waals surface area contributed by atoms with Crippen LogP contribution in [0.2, 0.25) is 0 Å². The second-order valence-corrected chi connectivity index (χ2v) is 9.54. The Balaban J connectivity index is 1.90. The van der Waals surface area contributed by atoms with Crippen LogP contribution in [-0.2, 0) is 9.79 Å². The monoisotopic (exact) mass is 469 g/mol. The number of para-hydroxylation sites is 2. The Morgan fingerprint density at radius 3 is 2.52 bits per heavy atom. The average molecular weight is 470 g/mol. The molecule has 0 radical (unpaired) electrons. The molecule has 1 heterocycles. The van der Waals surface area contributed by atoms with Crippen LogP contribution in [0.15, 0.2) is 42.5 Å². The fourth-order valence-electron chi connectivity index (χ4n) is 4.67. The van der Waals surface area contributed by atoms with Gasteiger partial charge in [0.2, 0.25) is 5.00 Å². The van der Waals surface area contributed by atoms with E-state index in [-0.39, 0.29) is 17.9 Å². The van der Waals surface area contributed by atoms with Gasteiger partial charge in [-0.2, -0.15) is 0 Å². The number of imidazole rings is 1. The van der Waals surface area contributed by atoms with Crippen LogP contribution < -0.4 is 14.8 Å². The van der Waals surface area contributed by atoms with E-state index < -0.39 is 5.00 Å². The topological polar surface area (TPSA) is 65.4 Å². The number of nitrogens with zero attached hydrogens (tertiary/aromatic N) is 2. The Morgan fingerprint density at radius 2 is 1.85 bits per heavy atom. The molecule has 176 valence electrons. The minimum Gasteiger partial charge on any atom is -0.497 e. The smallest absolute Gasteiger partial charge is 0.262 e. The molecular formula is C26H32ClN3O3. The molecule has 1 atom stereocenters. The molecule has 1 aliphatic carbocycles. The maximum absolute atomic E-state index is 13.8. The summed E-state index contributed by atoms with van der Waals surface area (Å²) in [4.78, 5) is 17.3. The Kier molecular flexibility index (Phi) is 6.84. The Morgan fingerprint density at radius 1 is 1.12 bits per heavy atom. The lowest BCUT2D eigenvalue weighted by atomic mass is 9.94. The number of carbonyl (C=O) groups is 1. The molecule has 0 aliphatic heterocycles. The van der Waals surface area contributed by atoms with Gasteiger partial charge in [0.15, 0.2) is 0 Å². The van der Waals surface area contributed by atoms with Crippen LogP contribution in [0.1, 0.15) is 46.0 Å². The molecule has 2 aromatic carbocycles. The van der Waals surface area contributed by atoms with Crippen molar-refractivity contribution in [3.8, 4) is 22.9 Å². The zero-order valence-electron chi connectivity index (χ0n) is 19.7. The number of fused-ring (bicyclic) bond motifs is 1. The van der Waals surface area contributed by atoms with Crippen molar-refractivity contribution in [3.05, 3.63) is 42.5 Å². The van der Waals surface area contributed by atoms with Crippen LogP contribution >= 0.6 is 11.6 Å². The van der Waals surface area contributed by atoms with E-state index in [1.807, 2.05) is 60.9 Å². The third-order valence-electron chi connectivity index (χ3n) is 6.56. The zero-order valence-corrected chi connectivity index (χ0v) is 20.5. The van der Waals surface area contributed by atoms with E-state index in [9.17, 15) is 4.79 Å². The summed E-state index contributed by atoms with van der Waals surface area (Å²) in [6.07, 6.45) is 5.45. The molecule has 6 nitrogen and oxygen atoms in total. The molecule has 4 rings (SSSR count). The van der Waals surface area contributed by atoms with E-state index >= 15 is 0 Å². The normalized spacial score (nSPS) is 16.5. The van der Waals surface area contributed by atoms with Crippen molar-refractivity contribution < 1.29 is 14.3 Å². The molecule has 1 aliphatic rings. The van der Waals surface area contributed by atoms with Crippen molar-refractivity contribution in [3.63, 3.8) is 0 Å². The van der Waals surface area contributed by atoms with Crippen LogP contribution in [0.3, 0.4) is 0 Å². The third-order valence-corrected chi connectivity index (χ3v) is 7.34. The predicted molar refractivity (Wildman–Crippen MR) is 132 cm³/mol. The van der Waals surface area contributed by atoms with Crippen LogP contribution in [0.5, 0.6) is 11.5 Å². The summed E-state index contributed by atoms with van der Waals surface area (Å²) in [5.41, 5.74) is 2.31. The van der Waals surface area contributed by atoms with Gasteiger partial charge in [0.1, 0.15) is 17.3 Å². The van der Waals surface area contributed by atoms with Crippen molar-refractivity contribution in [1.82, 2.24) is 14.9 Å². The first-order chi connectivity index (χ1) is 15.9. The minimum atomic E-state index is -1.37. The molecule has 3 aromatic rings. The van der Waals surface area contributed by atoms with Gasteiger partial charge in [-0.15, -0.1) is 0 Å². The first-order valence-electron chi connectivity index (χ1n) is 11.6. The molecular weight excluding hydrogens is 438 g/mol. The lowest BCUT2D eigenvalue weighted by Gasteiger charge is -2.35. The number of aromatic nitrogens is 2. The lowest BCUT2D eigenvalue weighted by molar-refractivity contribution is -0.128. The highest BCUT2D eigenvalue weighted by atomic mass is 35.5. The lowest BCUT2D eigenvalue weighted by Crippen LogP contribution is -2.51. The summed E-state index contributed by atoms with van der Waals surface area (Å²) in [5, 5.41) is 3.25. The molecule has 1 fully saturated rings. The third kappa shape index (κ3) is 4.29. The highest BCUT2D eigenvalue weighted by Gasteiger charge is 2.45. The van der Waals surface area contributed by atoms with E-state index in [0.717, 1.165) is 42.3 Å². The van der Waals surface area contributed by atoms with Crippen LogP contribution in [0, 0.1) is 5.92 Å². The molecule has 33 heavy (non-hydrogen) atoms. The number of rotatable bonds is 7. The number of ether oxygens (including phenoxy) is 2. The van der Waals surface area contributed by atoms with Crippen LogP contribution in [-0.4, -0.2) is 35.7 Å². The highest BCUT2D eigenvalue weighted by molar-refractivity contribution is 6.33. The molecule has 1 aromatic heterocycles. The molecule has 7 heteroatoms. The maximum Gasteiger partial charge on any atom is 0.262 e. The second kappa shape index (κ2) is 9.64. The number of halogens is 1. The van der Waals surface area contributed by atoms with Gasteiger partial charge in [-0.3, -0.25) is 9.36 Å². The highest BCUT2D eigenvalue weighted by Crippen LogP contribution is 2.42. The van der Waals surface area contributed by atoms with Crippen molar-refractivity contribution in [2.45, 2.75) is 57.0 Å². The molecule has 0 bridgehead atoms. The van der Waals surface area contributed by atoms with E-state index in [0.29, 0.717) is 17.3 Å². The number of carbonyl (C=O) groups excluding carboxylic acids is 1. The molecule has 1 amide bonds. The van der Waals surface area contributed by atoms with E-state index in [4.69, 9.17) is 26.1 Å². The molecule has 1 saturated carbocycles. The predicted octanol–water partition coefficient (Wildman–Crippen LogP) is 5.72. The summed E-state index contributed by atoms with van der Waals surface area (Å²) in [7, 11) is 3.22.